The summed E-state index contributed by atoms with van der Waals surface area (Å²) in [5, 5.41) is 0. The monoisotopic (exact) mass is 355 g/mol. The van der Waals surface area contributed by atoms with E-state index in [-0.39, 0.29) is 25.9 Å². The molecule has 0 bridgehead atoms. The molecule has 0 atom stereocenters. The van der Waals surface area contributed by atoms with Crippen molar-refractivity contribution < 1.29 is 18.3 Å². The van der Waals surface area contributed by atoms with Gasteiger partial charge in [0.2, 0.25) is 0 Å². The van der Waals surface area contributed by atoms with Crippen molar-refractivity contribution >= 4 is 17.5 Å². The summed E-state index contributed by atoms with van der Waals surface area (Å²) in [6.45, 7) is 6.26. The maximum atomic E-state index is 13.4. The molecule has 0 spiro atoms. The van der Waals surface area contributed by atoms with E-state index in [4.69, 9.17) is 10.5 Å². The van der Waals surface area contributed by atoms with Crippen LogP contribution < -0.4 is 10.6 Å². The highest BCUT2D eigenvalue weighted by Crippen LogP contribution is 2.33. The molecule has 0 saturated carbocycles. The minimum atomic E-state index is -2.60. The van der Waals surface area contributed by atoms with Gasteiger partial charge in [-0.3, -0.25) is 0 Å². The third kappa shape index (κ3) is 5.47. The number of nitrogen functional groups attached to an aromatic ring is 1. The number of rotatable bonds is 3. The molecule has 1 aromatic carbocycles. The molecule has 2 N–H and O–H groups in total. The van der Waals surface area contributed by atoms with Crippen LogP contribution >= 0.6 is 0 Å². The topological polar surface area (TPSA) is 58.8 Å². The summed E-state index contributed by atoms with van der Waals surface area (Å²) in [6.07, 6.45) is -0.775. The second-order valence-corrected chi connectivity index (χ2v) is 7.57. The number of hydrogen-bond donors (Lipinski definition) is 1. The van der Waals surface area contributed by atoms with E-state index in [1.54, 1.807) is 40.0 Å². The van der Waals surface area contributed by atoms with Gasteiger partial charge in [0.1, 0.15) is 5.60 Å². The van der Waals surface area contributed by atoms with Gasteiger partial charge in [-0.05, 0) is 44.5 Å². The number of carbonyl (C=O) groups is 1. The molecular formula is C18H27F2N3O2. The summed E-state index contributed by atoms with van der Waals surface area (Å²) in [7, 11) is 1.64. The Bertz CT molecular complexity index is 619. The van der Waals surface area contributed by atoms with E-state index in [1.165, 1.54) is 4.90 Å². The lowest BCUT2D eigenvalue weighted by Crippen LogP contribution is -2.40. The summed E-state index contributed by atoms with van der Waals surface area (Å²) in [4.78, 5) is 15.6. The van der Waals surface area contributed by atoms with Gasteiger partial charge in [0.15, 0.2) is 0 Å². The summed E-state index contributed by atoms with van der Waals surface area (Å²) in [5.41, 5.74) is 7.52. The molecule has 25 heavy (non-hydrogen) atoms. The molecule has 2 rings (SSSR count). The van der Waals surface area contributed by atoms with Gasteiger partial charge in [0.25, 0.3) is 5.92 Å². The van der Waals surface area contributed by atoms with Crippen LogP contribution in [0.5, 0.6) is 0 Å². The van der Waals surface area contributed by atoms with E-state index in [9.17, 15) is 13.6 Å². The molecule has 0 unspecified atom stereocenters. The van der Waals surface area contributed by atoms with E-state index in [2.05, 4.69) is 0 Å². The number of nitrogens with two attached hydrogens (primary N) is 1. The van der Waals surface area contributed by atoms with Crippen molar-refractivity contribution in [2.24, 2.45) is 0 Å². The predicted molar refractivity (Wildman–Crippen MR) is 94.9 cm³/mol. The van der Waals surface area contributed by atoms with E-state index in [1.807, 2.05) is 11.0 Å². The standard InChI is InChI=1S/C18H27F2N3O2/c1-17(2,3)25-16(24)22(4)12-13-11-14(21)5-6-15(13)23-9-7-18(19,20)8-10-23/h5-6,11H,7-10,12,21H2,1-4H3. The lowest BCUT2D eigenvalue weighted by molar-refractivity contribution is -0.0220. The van der Waals surface area contributed by atoms with Crippen LogP contribution in [0.4, 0.5) is 25.0 Å². The number of amides is 1. The number of anilines is 2. The Hall–Kier alpha value is -2.05. The third-order valence-electron chi connectivity index (χ3n) is 4.05. The number of benzene rings is 1. The third-order valence-corrected chi connectivity index (χ3v) is 4.05. The molecule has 7 heteroatoms. The molecule has 1 aromatic rings. The molecular weight excluding hydrogens is 328 g/mol. The molecule has 1 fully saturated rings. The first-order chi connectivity index (χ1) is 11.5. The van der Waals surface area contributed by atoms with Crippen molar-refractivity contribution in [3.8, 4) is 0 Å². The van der Waals surface area contributed by atoms with Crippen LogP contribution in [0, 0.1) is 0 Å². The zero-order valence-corrected chi connectivity index (χ0v) is 15.3. The number of halogens is 2. The summed E-state index contributed by atoms with van der Waals surface area (Å²) < 4.78 is 32.2. The van der Waals surface area contributed by atoms with Crippen molar-refractivity contribution in [1.29, 1.82) is 0 Å². The second kappa shape index (κ2) is 7.06. The van der Waals surface area contributed by atoms with Gasteiger partial charge < -0.3 is 20.3 Å². The van der Waals surface area contributed by atoms with Crippen LogP contribution in [0.3, 0.4) is 0 Å². The lowest BCUT2D eigenvalue weighted by Gasteiger charge is -2.35. The van der Waals surface area contributed by atoms with Crippen LogP contribution in [0.15, 0.2) is 18.2 Å². The Morgan fingerprint density at radius 3 is 2.48 bits per heavy atom. The molecule has 1 heterocycles. The van der Waals surface area contributed by atoms with Crippen LogP contribution in [0.1, 0.15) is 39.2 Å². The number of piperidine rings is 1. The highest BCUT2D eigenvalue weighted by Gasteiger charge is 2.34. The van der Waals surface area contributed by atoms with Crippen LogP contribution in [0.25, 0.3) is 0 Å². The largest absolute Gasteiger partial charge is 0.444 e. The van der Waals surface area contributed by atoms with Crippen molar-refractivity contribution in [3.05, 3.63) is 23.8 Å². The molecule has 0 aliphatic carbocycles. The molecule has 5 nitrogen and oxygen atoms in total. The first-order valence-corrected chi connectivity index (χ1v) is 8.42. The number of ether oxygens (including phenoxy) is 1. The zero-order chi connectivity index (χ0) is 18.8. The highest BCUT2D eigenvalue weighted by molar-refractivity contribution is 5.69. The number of alkyl halides is 2. The maximum Gasteiger partial charge on any atom is 0.410 e. The van der Waals surface area contributed by atoms with Crippen LogP contribution in [0.2, 0.25) is 0 Å². The highest BCUT2D eigenvalue weighted by atomic mass is 19.3. The Morgan fingerprint density at radius 2 is 1.92 bits per heavy atom. The van der Waals surface area contributed by atoms with Crippen molar-refractivity contribution in [3.63, 3.8) is 0 Å². The normalized spacial score (nSPS) is 17.3. The fourth-order valence-electron chi connectivity index (χ4n) is 2.78. The Balaban J connectivity index is 2.15. The van der Waals surface area contributed by atoms with Gasteiger partial charge >= 0.3 is 6.09 Å². The molecule has 0 radical (unpaired) electrons. The molecule has 1 aliphatic rings. The van der Waals surface area contributed by atoms with E-state index < -0.39 is 17.6 Å². The van der Waals surface area contributed by atoms with Crippen molar-refractivity contribution in [1.82, 2.24) is 4.90 Å². The first kappa shape index (κ1) is 19.3. The molecule has 1 aliphatic heterocycles. The van der Waals surface area contributed by atoms with Crippen LogP contribution in [-0.2, 0) is 11.3 Å². The molecule has 0 aromatic heterocycles. The quantitative estimate of drug-likeness (QED) is 0.836. The zero-order valence-electron chi connectivity index (χ0n) is 15.3. The fraction of sp³-hybridized carbons (Fsp3) is 0.611. The Kier molecular flexibility index (Phi) is 5.44. The molecule has 140 valence electrons. The smallest absolute Gasteiger partial charge is 0.410 e. The Labute approximate surface area is 147 Å². The van der Waals surface area contributed by atoms with Crippen molar-refractivity contribution in [2.45, 2.75) is 51.7 Å². The van der Waals surface area contributed by atoms with E-state index in [0.29, 0.717) is 12.2 Å². The number of nitrogens with zero attached hydrogens (tertiary/aromatic N) is 2. The Morgan fingerprint density at radius 1 is 1.32 bits per heavy atom. The average Bonchev–Trinajstić information content (AvgIpc) is 2.46. The summed E-state index contributed by atoms with van der Waals surface area (Å²) in [6, 6.07) is 5.36. The number of carbonyl (C=O) groups excluding carboxylic acids is 1. The van der Waals surface area contributed by atoms with Gasteiger partial charge in [-0.1, -0.05) is 0 Å². The maximum absolute atomic E-state index is 13.4. The van der Waals surface area contributed by atoms with Crippen LogP contribution in [-0.4, -0.2) is 42.7 Å². The van der Waals surface area contributed by atoms with Gasteiger partial charge in [0, 0.05) is 44.4 Å². The van der Waals surface area contributed by atoms with E-state index in [0.717, 1.165) is 11.3 Å². The summed E-state index contributed by atoms with van der Waals surface area (Å²) >= 11 is 0. The fourth-order valence-corrected chi connectivity index (χ4v) is 2.78. The average molecular weight is 355 g/mol. The van der Waals surface area contributed by atoms with Crippen molar-refractivity contribution in [2.75, 3.05) is 30.8 Å². The SMILES string of the molecule is CN(Cc1cc(N)ccc1N1CCC(F)(F)CC1)C(=O)OC(C)(C)C. The second-order valence-electron chi connectivity index (χ2n) is 7.57. The lowest BCUT2D eigenvalue weighted by atomic mass is 10.0. The van der Waals surface area contributed by atoms with Gasteiger partial charge in [0.05, 0.1) is 6.54 Å². The minimum Gasteiger partial charge on any atom is -0.444 e. The number of hydrogen-bond acceptors (Lipinski definition) is 4. The van der Waals surface area contributed by atoms with Gasteiger partial charge in [-0.15, -0.1) is 0 Å². The van der Waals surface area contributed by atoms with E-state index >= 15 is 0 Å². The van der Waals surface area contributed by atoms with Gasteiger partial charge in [-0.2, -0.15) is 0 Å². The first-order valence-electron chi connectivity index (χ1n) is 8.42. The summed E-state index contributed by atoms with van der Waals surface area (Å²) in [5.74, 6) is -2.60. The molecule has 1 saturated heterocycles. The molecule has 1 amide bonds. The van der Waals surface area contributed by atoms with Gasteiger partial charge in [-0.25, -0.2) is 13.6 Å². The minimum absolute atomic E-state index is 0.168. The predicted octanol–water partition coefficient (Wildman–Crippen LogP) is 3.87.